The number of carbonyl (C=O) groups excluding carboxylic acids is 1. The zero-order valence-corrected chi connectivity index (χ0v) is 15.8. The standard InChI is InChI=1S/C19H19Cl2N3O/c1-11(2)13-5-4-6-16-18(13)23(3)19(22)24(16)10-17(25)14-8-7-12(20)9-15(14)21/h4-9,11,22H,10H2,1-3H3. The molecule has 0 aliphatic rings. The smallest absolute Gasteiger partial charge is 0.203 e. The second-order valence-electron chi connectivity index (χ2n) is 6.39. The summed E-state index contributed by atoms with van der Waals surface area (Å²) in [7, 11) is 1.85. The number of hydrogen-bond acceptors (Lipinski definition) is 2. The molecule has 0 aliphatic carbocycles. The normalized spacial score (nSPS) is 11.4. The second kappa shape index (κ2) is 6.70. The molecular formula is C19H19Cl2N3O. The molecule has 3 rings (SSSR count). The molecule has 0 atom stereocenters. The summed E-state index contributed by atoms with van der Waals surface area (Å²) in [4.78, 5) is 12.7. The van der Waals surface area contributed by atoms with Gasteiger partial charge >= 0.3 is 0 Å². The Morgan fingerprint density at radius 1 is 1.20 bits per heavy atom. The van der Waals surface area contributed by atoms with Gasteiger partial charge < -0.3 is 9.13 Å². The van der Waals surface area contributed by atoms with Gasteiger partial charge in [0, 0.05) is 17.6 Å². The quantitative estimate of drug-likeness (QED) is 0.655. The topological polar surface area (TPSA) is 50.8 Å². The fourth-order valence-corrected chi connectivity index (χ4v) is 3.62. The van der Waals surface area contributed by atoms with E-state index in [0.29, 0.717) is 21.5 Å². The lowest BCUT2D eigenvalue weighted by atomic mass is 10.0. The molecule has 0 saturated heterocycles. The molecule has 0 bridgehead atoms. The van der Waals surface area contributed by atoms with Crippen LogP contribution in [0.5, 0.6) is 0 Å². The van der Waals surface area contributed by atoms with Crippen LogP contribution in [-0.2, 0) is 13.6 Å². The SMILES string of the molecule is CC(C)c1cccc2c1n(C)c(=N)n2CC(=O)c1ccc(Cl)cc1Cl. The van der Waals surface area contributed by atoms with E-state index in [4.69, 9.17) is 28.6 Å². The van der Waals surface area contributed by atoms with Gasteiger partial charge in [-0.2, -0.15) is 0 Å². The summed E-state index contributed by atoms with van der Waals surface area (Å²) in [5.74, 6) is 0.175. The lowest BCUT2D eigenvalue weighted by Gasteiger charge is -2.09. The molecule has 0 fully saturated rings. The monoisotopic (exact) mass is 375 g/mol. The molecule has 0 saturated carbocycles. The van der Waals surface area contributed by atoms with Crippen LogP contribution in [0.2, 0.25) is 10.0 Å². The maximum Gasteiger partial charge on any atom is 0.203 e. The van der Waals surface area contributed by atoms with Gasteiger partial charge in [-0.3, -0.25) is 10.2 Å². The fourth-order valence-electron chi connectivity index (χ4n) is 3.10. The highest BCUT2D eigenvalue weighted by molar-refractivity contribution is 6.36. The number of imidazole rings is 1. The largest absolute Gasteiger partial charge is 0.313 e. The highest BCUT2D eigenvalue weighted by atomic mass is 35.5. The Labute approximate surface area is 156 Å². The van der Waals surface area contributed by atoms with Crippen LogP contribution >= 0.6 is 23.2 Å². The second-order valence-corrected chi connectivity index (χ2v) is 7.23. The predicted molar refractivity (Wildman–Crippen MR) is 102 cm³/mol. The van der Waals surface area contributed by atoms with E-state index in [0.717, 1.165) is 16.6 Å². The van der Waals surface area contributed by atoms with Crippen molar-refractivity contribution in [2.45, 2.75) is 26.3 Å². The van der Waals surface area contributed by atoms with E-state index in [1.165, 1.54) is 0 Å². The van der Waals surface area contributed by atoms with E-state index < -0.39 is 0 Å². The van der Waals surface area contributed by atoms with Crippen LogP contribution in [0.25, 0.3) is 11.0 Å². The molecule has 0 radical (unpaired) electrons. The summed E-state index contributed by atoms with van der Waals surface area (Å²) < 4.78 is 3.54. The number of fused-ring (bicyclic) bond motifs is 1. The molecule has 0 spiro atoms. The molecule has 6 heteroatoms. The van der Waals surface area contributed by atoms with Gasteiger partial charge in [0.25, 0.3) is 0 Å². The van der Waals surface area contributed by atoms with Crippen LogP contribution < -0.4 is 5.62 Å². The summed E-state index contributed by atoms with van der Waals surface area (Å²) in [6.07, 6.45) is 0. The number of rotatable bonds is 4. The maximum absolute atomic E-state index is 12.7. The molecule has 1 heterocycles. The molecule has 0 aliphatic heterocycles. The van der Waals surface area contributed by atoms with E-state index in [1.807, 2.05) is 23.7 Å². The molecule has 2 aromatic carbocycles. The molecule has 1 aromatic heterocycles. The predicted octanol–water partition coefficient (Wildman–Crippen LogP) is 4.77. The van der Waals surface area contributed by atoms with Crippen molar-refractivity contribution in [1.82, 2.24) is 9.13 Å². The highest BCUT2D eigenvalue weighted by Crippen LogP contribution is 2.25. The van der Waals surface area contributed by atoms with Gasteiger partial charge in [-0.15, -0.1) is 0 Å². The molecule has 1 N–H and O–H groups in total. The number of Topliss-reactive ketones (excluding diaryl/α,β-unsaturated/α-hetero) is 1. The third kappa shape index (κ3) is 3.12. The van der Waals surface area contributed by atoms with E-state index in [2.05, 4.69) is 19.9 Å². The van der Waals surface area contributed by atoms with Gasteiger partial charge in [-0.1, -0.05) is 49.2 Å². The molecule has 4 nitrogen and oxygen atoms in total. The first-order chi connectivity index (χ1) is 11.8. The fraction of sp³-hybridized carbons (Fsp3) is 0.263. The summed E-state index contributed by atoms with van der Waals surface area (Å²) in [6.45, 7) is 4.29. The van der Waals surface area contributed by atoms with Gasteiger partial charge in [-0.05, 0) is 35.7 Å². The zero-order valence-electron chi connectivity index (χ0n) is 14.3. The molecule has 0 amide bonds. The summed E-state index contributed by atoms with van der Waals surface area (Å²) in [5, 5.41) is 9.24. The molecule has 0 unspecified atom stereocenters. The Morgan fingerprint density at radius 2 is 1.92 bits per heavy atom. The first-order valence-electron chi connectivity index (χ1n) is 8.02. The van der Waals surface area contributed by atoms with Crippen LogP contribution in [0.15, 0.2) is 36.4 Å². The highest BCUT2D eigenvalue weighted by Gasteiger charge is 2.18. The summed E-state index contributed by atoms with van der Waals surface area (Å²) >= 11 is 12.1. The van der Waals surface area contributed by atoms with Gasteiger partial charge in [-0.25, -0.2) is 0 Å². The summed E-state index contributed by atoms with van der Waals surface area (Å²) in [6, 6.07) is 10.8. The average molecular weight is 376 g/mol. The maximum atomic E-state index is 12.7. The van der Waals surface area contributed by atoms with E-state index in [-0.39, 0.29) is 17.9 Å². The molecule has 3 aromatic rings. The van der Waals surface area contributed by atoms with Crippen molar-refractivity contribution >= 4 is 40.0 Å². The number of halogens is 2. The number of benzene rings is 2. The van der Waals surface area contributed by atoms with Gasteiger partial charge in [0.15, 0.2) is 5.78 Å². The number of aromatic nitrogens is 2. The van der Waals surface area contributed by atoms with Crippen molar-refractivity contribution in [2.24, 2.45) is 7.05 Å². The third-order valence-corrected chi connectivity index (χ3v) is 4.95. The van der Waals surface area contributed by atoms with Crippen molar-refractivity contribution in [1.29, 1.82) is 5.41 Å². The number of hydrogen-bond donors (Lipinski definition) is 1. The minimum absolute atomic E-state index is 0.0546. The number of ketones is 1. The third-order valence-electron chi connectivity index (χ3n) is 4.40. The Hall–Kier alpha value is -2.04. The lowest BCUT2D eigenvalue weighted by molar-refractivity contribution is 0.0971. The van der Waals surface area contributed by atoms with Crippen LogP contribution in [0, 0.1) is 5.41 Å². The van der Waals surface area contributed by atoms with Crippen molar-refractivity contribution < 1.29 is 4.79 Å². The first-order valence-corrected chi connectivity index (χ1v) is 8.77. The molecular weight excluding hydrogens is 357 g/mol. The van der Waals surface area contributed by atoms with Crippen molar-refractivity contribution in [2.75, 3.05) is 0 Å². The Kier molecular flexibility index (Phi) is 4.76. The zero-order chi connectivity index (χ0) is 18.3. The number of nitrogens with zero attached hydrogens (tertiary/aromatic N) is 2. The van der Waals surface area contributed by atoms with Crippen LogP contribution in [0.3, 0.4) is 0 Å². The number of aryl methyl sites for hydroxylation is 1. The van der Waals surface area contributed by atoms with Crippen molar-refractivity contribution in [3.8, 4) is 0 Å². The average Bonchev–Trinajstić information content (AvgIpc) is 2.79. The Morgan fingerprint density at radius 3 is 2.56 bits per heavy atom. The molecule has 130 valence electrons. The number of nitrogens with one attached hydrogen (secondary N) is 1. The van der Waals surface area contributed by atoms with Crippen LogP contribution in [0.1, 0.15) is 35.7 Å². The number of para-hydroxylation sites is 1. The Balaban J connectivity index is 2.11. The van der Waals surface area contributed by atoms with E-state index in [9.17, 15) is 4.79 Å². The number of carbonyl (C=O) groups is 1. The molecule has 25 heavy (non-hydrogen) atoms. The van der Waals surface area contributed by atoms with Gasteiger partial charge in [0.05, 0.1) is 22.6 Å². The Bertz CT molecular complexity index is 1030. The minimum Gasteiger partial charge on any atom is -0.313 e. The lowest BCUT2D eigenvalue weighted by Crippen LogP contribution is -2.26. The van der Waals surface area contributed by atoms with Crippen LogP contribution in [-0.4, -0.2) is 14.9 Å². The van der Waals surface area contributed by atoms with Crippen molar-refractivity contribution in [3.05, 3.63) is 63.2 Å². The van der Waals surface area contributed by atoms with Crippen LogP contribution in [0.4, 0.5) is 0 Å². The first kappa shape index (κ1) is 17.8. The van der Waals surface area contributed by atoms with Crippen molar-refractivity contribution in [3.63, 3.8) is 0 Å². The van der Waals surface area contributed by atoms with Gasteiger partial charge in [0.2, 0.25) is 5.62 Å². The van der Waals surface area contributed by atoms with Gasteiger partial charge in [0.1, 0.15) is 0 Å². The van der Waals surface area contributed by atoms with E-state index >= 15 is 0 Å². The minimum atomic E-state index is -0.150. The summed E-state index contributed by atoms with van der Waals surface area (Å²) in [5.41, 5.74) is 3.70. The van der Waals surface area contributed by atoms with E-state index in [1.54, 1.807) is 22.8 Å².